The number of amides is 3. The van der Waals surface area contributed by atoms with Gasteiger partial charge in [0, 0.05) is 43.0 Å². The zero-order chi connectivity index (χ0) is 33.5. The summed E-state index contributed by atoms with van der Waals surface area (Å²) in [6.45, 7) is -0.0412. The number of halogens is 3. The minimum absolute atomic E-state index is 0.0562. The monoisotopic (exact) mass is 670 g/mol. The van der Waals surface area contributed by atoms with Crippen molar-refractivity contribution in [3.8, 4) is 23.0 Å². The molecule has 3 aromatic carbocycles. The third-order valence-corrected chi connectivity index (χ3v) is 9.56. The first-order valence-corrected chi connectivity index (χ1v) is 16.2. The number of aromatic nitrogens is 1. The van der Waals surface area contributed by atoms with E-state index in [0.29, 0.717) is 33.9 Å². The molecule has 0 bridgehead atoms. The SMILES string of the molecule is COc1cc2nccc(Oc3ccc(N4C(=O)CN(c5cc(CN6CCS(=O)(=O)CC6)cc(C(F)(F)F)c5)C4=O)cc3)c2cc1OC. The van der Waals surface area contributed by atoms with Crippen molar-refractivity contribution in [2.75, 3.05) is 55.2 Å². The number of carbonyl (C=O) groups is 2. The van der Waals surface area contributed by atoms with E-state index in [1.165, 1.54) is 32.4 Å². The van der Waals surface area contributed by atoms with Gasteiger partial charge in [0.15, 0.2) is 21.3 Å². The summed E-state index contributed by atoms with van der Waals surface area (Å²) in [6.07, 6.45) is -3.14. The van der Waals surface area contributed by atoms with Gasteiger partial charge in [0.05, 0.1) is 42.5 Å². The first kappa shape index (κ1) is 32.1. The lowest BCUT2D eigenvalue weighted by molar-refractivity contribution is -0.137. The van der Waals surface area contributed by atoms with E-state index in [1.807, 2.05) is 0 Å². The number of ether oxygens (including phenoxy) is 3. The van der Waals surface area contributed by atoms with Crippen LogP contribution in [0.4, 0.5) is 29.3 Å². The molecule has 2 aliphatic rings. The lowest BCUT2D eigenvalue weighted by Crippen LogP contribution is -2.39. The zero-order valence-corrected chi connectivity index (χ0v) is 26.1. The van der Waals surface area contributed by atoms with Gasteiger partial charge < -0.3 is 14.2 Å². The highest BCUT2D eigenvalue weighted by atomic mass is 32.2. The van der Waals surface area contributed by atoms with Gasteiger partial charge in [-0.1, -0.05) is 0 Å². The summed E-state index contributed by atoms with van der Waals surface area (Å²) < 4.78 is 82.0. The van der Waals surface area contributed by atoms with E-state index in [1.54, 1.807) is 41.4 Å². The number of urea groups is 1. The Labute approximate surface area is 268 Å². The molecule has 11 nitrogen and oxygen atoms in total. The number of hydrogen-bond donors (Lipinski definition) is 0. The molecule has 2 aliphatic heterocycles. The molecule has 4 aromatic rings. The molecule has 0 saturated carbocycles. The second-order valence-corrected chi connectivity index (χ2v) is 13.3. The maximum absolute atomic E-state index is 13.9. The maximum atomic E-state index is 13.9. The molecule has 2 saturated heterocycles. The predicted octanol–water partition coefficient (Wildman–Crippen LogP) is 5.27. The van der Waals surface area contributed by atoms with Crippen molar-refractivity contribution in [1.82, 2.24) is 9.88 Å². The normalized spacial score (nSPS) is 17.0. The van der Waals surface area contributed by atoms with Crippen molar-refractivity contribution in [3.05, 3.63) is 78.0 Å². The molecule has 0 spiro atoms. The van der Waals surface area contributed by atoms with Crippen molar-refractivity contribution in [2.24, 2.45) is 0 Å². The van der Waals surface area contributed by atoms with Crippen LogP contribution < -0.4 is 24.0 Å². The van der Waals surface area contributed by atoms with Crippen LogP contribution in [0.25, 0.3) is 10.9 Å². The number of hydrogen-bond acceptors (Lipinski definition) is 9. The van der Waals surface area contributed by atoms with Gasteiger partial charge in [-0.2, -0.15) is 13.2 Å². The van der Waals surface area contributed by atoms with E-state index in [9.17, 15) is 31.2 Å². The van der Waals surface area contributed by atoms with Gasteiger partial charge in [0.1, 0.15) is 18.0 Å². The van der Waals surface area contributed by atoms with Gasteiger partial charge in [-0.3, -0.25) is 19.6 Å². The van der Waals surface area contributed by atoms with E-state index in [4.69, 9.17) is 14.2 Å². The van der Waals surface area contributed by atoms with E-state index in [2.05, 4.69) is 4.98 Å². The molecule has 47 heavy (non-hydrogen) atoms. The minimum Gasteiger partial charge on any atom is -0.493 e. The molecule has 15 heteroatoms. The Morgan fingerprint density at radius 3 is 2.19 bits per heavy atom. The van der Waals surface area contributed by atoms with Gasteiger partial charge in [-0.05, 0) is 60.2 Å². The summed E-state index contributed by atoms with van der Waals surface area (Å²) in [6, 6.07) is 13.7. The number of pyridine rings is 1. The lowest BCUT2D eigenvalue weighted by Gasteiger charge is -2.27. The second kappa shape index (κ2) is 12.4. The number of rotatable bonds is 8. The summed E-state index contributed by atoms with van der Waals surface area (Å²) >= 11 is 0. The lowest BCUT2D eigenvalue weighted by atomic mass is 10.1. The molecule has 0 atom stereocenters. The van der Waals surface area contributed by atoms with Gasteiger partial charge in [0.25, 0.3) is 5.91 Å². The summed E-state index contributed by atoms with van der Waals surface area (Å²) in [7, 11) is -0.143. The molecule has 2 fully saturated rings. The Balaban J connectivity index is 1.23. The molecule has 0 N–H and O–H groups in total. The molecule has 3 amide bonds. The number of benzene rings is 3. The van der Waals surface area contributed by atoms with Crippen LogP contribution in [-0.4, -0.2) is 75.6 Å². The highest BCUT2D eigenvalue weighted by Crippen LogP contribution is 2.38. The third kappa shape index (κ3) is 6.67. The second-order valence-electron chi connectivity index (χ2n) is 11.0. The molecular weight excluding hydrogens is 641 g/mol. The Hall–Kier alpha value is -4.89. The summed E-state index contributed by atoms with van der Waals surface area (Å²) in [5, 5.41) is 0.653. The van der Waals surface area contributed by atoms with E-state index in [-0.39, 0.29) is 48.1 Å². The molecule has 0 radical (unpaired) electrons. The number of imide groups is 1. The molecule has 0 aliphatic carbocycles. The first-order chi connectivity index (χ1) is 22.3. The van der Waals surface area contributed by atoms with Crippen LogP contribution in [-0.2, 0) is 27.4 Å². The Morgan fingerprint density at radius 1 is 0.851 bits per heavy atom. The van der Waals surface area contributed by atoms with Crippen molar-refractivity contribution in [2.45, 2.75) is 12.7 Å². The maximum Gasteiger partial charge on any atom is 0.416 e. The van der Waals surface area contributed by atoms with Crippen LogP contribution in [0.15, 0.2) is 66.9 Å². The van der Waals surface area contributed by atoms with Crippen LogP contribution in [0.5, 0.6) is 23.0 Å². The number of alkyl halides is 3. The molecule has 1 aromatic heterocycles. The number of carbonyl (C=O) groups excluding carboxylic acids is 2. The van der Waals surface area contributed by atoms with Gasteiger partial charge in [0.2, 0.25) is 0 Å². The fourth-order valence-corrected chi connectivity index (χ4v) is 6.81. The summed E-state index contributed by atoms with van der Waals surface area (Å²) in [5.41, 5.74) is -0.00486. The first-order valence-electron chi connectivity index (χ1n) is 14.4. The number of methoxy groups -OCH3 is 2. The Kier molecular flexibility index (Phi) is 8.44. The molecular formula is C32H29F3N4O7S. The zero-order valence-electron chi connectivity index (χ0n) is 25.3. The van der Waals surface area contributed by atoms with E-state index in [0.717, 1.165) is 21.9 Å². The fraction of sp³-hybridized carbons (Fsp3) is 0.281. The van der Waals surface area contributed by atoms with Crippen molar-refractivity contribution >= 4 is 44.1 Å². The number of fused-ring (bicyclic) bond motifs is 1. The quantitative estimate of drug-likeness (QED) is 0.231. The largest absolute Gasteiger partial charge is 0.493 e. The van der Waals surface area contributed by atoms with Gasteiger partial charge >= 0.3 is 12.2 Å². The van der Waals surface area contributed by atoms with Crippen LogP contribution in [0.2, 0.25) is 0 Å². The van der Waals surface area contributed by atoms with Crippen molar-refractivity contribution < 1.29 is 45.4 Å². The third-order valence-electron chi connectivity index (χ3n) is 7.95. The van der Waals surface area contributed by atoms with Crippen LogP contribution in [0, 0.1) is 0 Å². The van der Waals surface area contributed by atoms with Crippen LogP contribution >= 0.6 is 0 Å². The van der Waals surface area contributed by atoms with Crippen molar-refractivity contribution in [3.63, 3.8) is 0 Å². The minimum atomic E-state index is -4.71. The number of nitrogens with zero attached hydrogens (tertiary/aromatic N) is 4. The molecule has 6 rings (SSSR count). The molecule has 246 valence electrons. The van der Waals surface area contributed by atoms with Gasteiger partial charge in [-0.25, -0.2) is 18.1 Å². The van der Waals surface area contributed by atoms with E-state index >= 15 is 0 Å². The average Bonchev–Trinajstić information content (AvgIpc) is 3.34. The smallest absolute Gasteiger partial charge is 0.416 e. The summed E-state index contributed by atoms with van der Waals surface area (Å²) in [4.78, 5) is 34.6. The average molecular weight is 671 g/mol. The standard InChI is InChI=1S/C32H29F3N4O7S/c1-44-28-16-25-26(17-29(28)45-2)36-8-7-27(25)46-24-5-3-22(4-6-24)39-30(40)19-38(31(39)41)23-14-20(13-21(15-23)32(33,34)35)18-37-9-11-47(42,43)12-10-37/h3-8,13-17H,9-12,18-19H2,1-2H3. The highest BCUT2D eigenvalue weighted by Gasteiger charge is 2.40. The topological polar surface area (TPSA) is 119 Å². The Bertz CT molecular complexity index is 1960. The highest BCUT2D eigenvalue weighted by molar-refractivity contribution is 7.91. The summed E-state index contributed by atoms with van der Waals surface area (Å²) in [5.74, 6) is 1.06. The Morgan fingerprint density at radius 2 is 1.53 bits per heavy atom. The number of anilines is 2. The van der Waals surface area contributed by atoms with Crippen LogP contribution in [0.3, 0.4) is 0 Å². The van der Waals surface area contributed by atoms with E-state index < -0.39 is 40.1 Å². The predicted molar refractivity (Wildman–Crippen MR) is 167 cm³/mol. The van der Waals surface area contributed by atoms with Crippen molar-refractivity contribution in [1.29, 1.82) is 0 Å². The fourth-order valence-electron chi connectivity index (χ4n) is 5.54. The van der Waals surface area contributed by atoms with Crippen LogP contribution in [0.1, 0.15) is 11.1 Å². The molecule has 0 unspecified atom stereocenters. The van der Waals surface area contributed by atoms with Gasteiger partial charge in [-0.15, -0.1) is 0 Å². The molecule has 3 heterocycles. The number of sulfone groups is 1.